The number of nitrogens with zero attached hydrogens (tertiary/aromatic N) is 3. The first-order chi connectivity index (χ1) is 16.1. The molecule has 0 spiro atoms. The van der Waals surface area contributed by atoms with Gasteiger partial charge in [0, 0.05) is 43.9 Å². The minimum Gasteiger partial charge on any atom is -0.352 e. The second-order valence-electron chi connectivity index (χ2n) is 8.19. The van der Waals surface area contributed by atoms with E-state index in [1.807, 2.05) is 0 Å². The highest BCUT2D eigenvalue weighted by Gasteiger charge is 2.16. The normalized spacial score (nSPS) is 13.4. The Labute approximate surface area is 198 Å². The SMILES string of the molecule is CCCc1nnc(C(=O)Nc2cccc(C(=O)NCCCN3CCc4ccccc4C3)c2)s1. The van der Waals surface area contributed by atoms with Crippen LogP contribution >= 0.6 is 11.3 Å². The minimum absolute atomic E-state index is 0.142. The average molecular weight is 464 g/mol. The summed E-state index contributed by atoms with van der Waals surface area (Å²) in [5.74, 6) is -0.452. The van der Waals surface area contributed by atoms with Crippen molar-refractivity contribution < 1.29 is 9.59 Å². The summed E-state index contributed by atoms with van der Waals surface area (Å²) in [6.07, 6.45) is 3.74. The quantitative estimate of drug-likeness (QED) is 0.470. The number of hydrogen-bond acceptors (Lipinski definition) is 6. The molecule has 2 aromatic carbocycles. The molecule has 0 saturated heterocycles. The van der Waals surface area contributed by atoms with Crippen molar-refractivity contribution in [3.05, 3.63) is 75.2 Å². The lowest BCUT2D eigenvalue weighted by Gasteiger charge is -2.28. The molecular weight excluding hydrogens is 434 g/mol. The average Bonchev–Trinajstić information content (AvgIpc) is 3.31. The number of rotatable bonds is 9. The number of anilines is 1. The molecule has 0 unspecified atom stereocenters. The van der Waals surface area contributed by atoms with Crippen LogP contribution in [0.4, 0.5) is 5.69 Å². The van der Waals surface area contributed by atoms with Crippen molar-refractivity contribution >= 4 is 28.8 Å². The topological polar surface area (TPSA) is 87.2 Å². The molecule has 0 atom stereocenters. The van der Waals surface area contributed by atoms with Crippen molar-refractivity contribution in [1.29, 1.82) is 0 Å². The van der Waals surface area contributed by atoms with Gasteiger partial charge < -0.3 is 10.6 Å². The Morgan fingerprint density at radius 1 is 1.06 bits per heavy atom. The van der Waals surface area contributed by atoms with Crippen molar-refractivity contribution in [3.63, 3.8) is 0 Å². The third kappa shape index (κ3) is 6.24. The number of aryl methyl sites for hydroxylation is 1. The zero-order valence-corrected chi connectivity index (χ0v) is 19.7. The van der Waals surface area contributed by atoms with Crippen LogP contribution in [0.1, 0.15) is 56.1 Å². The molecular formula is C25H29N5O2S. The summed E-state index contributed by atoms with van der Waals surface area (Å²) in [7, 11) is 0. The Bertz CT molecular complexity index is 1110. The number of benzene rings is 2. The maximum atomic E-state index is 12.6. The molecule has 0 radical (unpaired) electrons. The molecule has 2 N–H and O–H groups in total. The molecule has 0 fully saturated rings. The highest BCUT2D eigenvalue weighted by Crippen LogP contribution is 2.18. The maximum Gasteiger partial charge on any atom is 0.286 e. The van der Waals surface area contributed by atoms with Crippen molar-refractivity contribution in [2.75, 3.05) is 25.0 Å². The monoisotopic (exact) mass is 463 g/mol. The summed E-state index contributed by atoms with van der Waals surface area (Å²) in [5.41, 5.74) is 3.93. The number of aromatic nitrogens is 2. The Kier molecular flexibility index (Phi) is 7.80. The lowest BCUT2D eigenvalue weighted by Crippen LogP contribution is -2.33. The van der Waals surface area contributed by atoms with Crippen LogP contribution in [-0.4, -0.2) is 46.5 Å². The predicted octanol–water partition coefficient (Wildman–Crippen LogP) is 3.92. The molecule has 0 bridgehead atoms. The van der Waals surface area contributed by atoms with Gasteiger partial charge in [0.15, 0.2) is 0 Å². The first-order valence-electron chi connectivity index (χ1n) is 11.4. The Balaban J connectivity index is 1.23. The third-order valence-corrected chi connectivity index (χ3v) is 6.64. The smallest absolute Gasteiger partial charge is 0.286 e. The van der Waals surface area contributed by atoms with E-state index in [2.05, 4.69) is 56.9 Å². The lowest BCUT2D eigenvalue weighted by atomic mass is 10.00. The molecule has 33 heavy (non-hydrogen) atoms. The Morgan fingerprint density at radius 3 is 2.76 bits per heavy atom. The molecule has 7 nitrogen and oxygen atoms in total. The van der Waals surface area contributed by atoms with E-state index in [9.17, 15) is 9.59 Å². The van der Waals surface area contributed by atoms with Gasteiger partial charge in [0.25, 0.3) is 11.8 Å². The highest BCUT2D eigenvalue weighted by atomic mass is 32.1. The fourth-order valence-electron chi connectivity index (χ4n) is 3.93. The first kappa shape index (κ1) is 23.1. The second kappa shape index (κ2) is 11.2. The number of fused-ring (bicyclic) bond motifs is 1. The molecule has 172 valence electrons. The van der Waals surface area contributed by atoms with E-state index in [4.69, 9.17) is 0 Å². The van der Waals surface area contributed by atoms with Crippen LogP contribution in [0.5, 0.6) is 0 Å². The molecule has 2 heterocycles. The van der Waals surface area contributed by atoms with Gasteiger partial charge in [-0.3, -0.25) is 14.5 Å². The predicted molar refractivity (Wildman–Crippen MR) is 131 cm³/mol. The first-order valence-corrected chi connectivity index (χ1v) is 12.2. The van der Waals surface area contributed by atoms with E-state index >= 15 is 0 Å². The maximum absolute atomic E-state index is 12.6. The van der Waals surface area contributed by atoms with Crippen molar-refractivity contribution in [3.8, 4) is 0 Å². The summed E-state index contributed by atoms with van der Waals surface area (Å²) < 4.78 is 0. The van der Waals surface area contributed by atoms with Crippen LogP contribution in [0, 0.1) is 0 Å². The fraction of sp³-hybridized carbons (Fsp3) is 0.360. The van der Waals surface area contributed by atoms with E-state index in [1.165, 1.54) is 22.5 Å². The zero-order valence-electron chi connectivity index (χ0n) is 18.8. The van der Waals surface area contributed by atoms with Gasteiger partial charge in [0.05, 0.1) is 0 Å². The van der Waals surface area contributed by atoms with Crippen LogP contribution in [-0.2, 0) is 19.4 Å². The third-order valence-electron chi connectivity index (χ3n) is 5.65. The minimum atomic E-state index is -0.310. The van der Waals surface area contributed by atoms with E-state index in [0.717, 1.165) is 50.3 Å². The number of hydrogen-bond donors (Lipinski definition) is 2. The van der Waals surface area contributed by atoms with Crippen molar-refractivity contribution in [1.82, 2.24) is 20.4 Å². The standard InChI is InChI=1S/C25H29N5O2S/c1-2-7-22-28-29-25(33-22)24(32)27-21-11-5-10-19(16-21)23(31)26-13-6-14-30-15-12-18-8-3-4-9-20(18)17-30/h3-5,8-11,16H,2,6-7,12-15,17H2,1H3,(H,26,31)(H,27,32). The van der Waals surface area contributed by atoms with Crippen LogP contribution in [0.3, 0.4) is 0 Å². The molecule has 3 aromatic rings. The summed E-state index contributed by atoms with van der Waals surface area (Å²) in [6, 6.07) is 15.6. The van der Waals surface area contributed by atoms with E-state index in [0.29, 0.717) is 22.8 Å². The van der Waals surface area contributed by atoms with Crippen LogP contribution in [0.15, 0.2) is 48.5 Å². The molecule has 0 aliphatic carbocycles. The fourth-order valence-corrected chi connectivity index (χ4v) is 4.77. The molecule has 8 heteroatoms. The van der Waals surface area contributed by atoms with Crippen molar-refractivity contribution in [2.24, 2.45) is 0 Å². The van der Waals surface area contributed by atoms with E-state index in [1.54, 1.807) is 24.3 Å². The lowest BCUT2D eigenvalue weighted by molar-refractivity contribution is 0.0950. The zero-order chi connectivity index (χ0) is 23.0. The molecule has 1 aliphatic rings. The van der Waals surface area contributed by atoms with Gasteiger partial charge in [0.2, 0.25) is 5.01 Å². The number of carbonyl (C=O) groups excluding carboxylic acids is 2. The van der Waals surface area contributed by atoms with Crippen LogP contribution in [0.2, 0.25) is 0 Å². The molecule has 0 saturated carbocycles. The molecule has 1 aliphatic heterocycles. The van der Waals surface area contributed by atoms with Crippen LogP contribution < -0.4 is 10.6 Å². The van der Waals surface area contributed by atoms with Gasteiger partial charge >= 0.3 is 0 Å². The van der Waals surface area contributed by atoms with Crippen LogP contribution in [0.25, 0.3) is 0 Å². The Morgan fingerprint density at radius 2 is 1.91 bits per heavy atom. The van der Waals surface area contributed by atoms with E-state index < -0.39 is 0 Å². The Hall–Kier alpha value is -3.10. The van der Waals surface area contributed by atoms with E-state index in [-0.39, 0.29) is 11.8 Å². The highest BCUT2D eigenvalue weighted by molar-refractivity contribution is 7.13. The molecule has 4 rings (SSSR count). The van der Waals surface area contributed by atoms with Gasteiger partial charge in [0.1, 0.15) is 5.01 Å². The summed E-state index contributed by atoms with van der Waals surface area (Å²) >= 11 is 1.30. The van der Waals surface area contributed by atoms with Gasteiger partial charge in [-0.15, -0.1) is 10.2 Å². The second-order valence-corrected chi connectivity index (χ2v) is 9.25. The van der Waals surface area contributed by atoms with Crippen molar-refractivity contribution in [2.45, 2.75) is 39.2 Å². The summed E-state index contributed by atoms with van der Waals surface area (Å²) in [4.78, 5) is 27.5. The number of nitrogens with one attached hydrogen (secondary N) is 2. The molecule has 2 amide bonds. The largest absolute Gasteiger partial charge is 0.352 e. The van der Waals surface area contributed by atoms with Gasteiger partial charge in [-0.05, 0) is 48.6 Å². The van der Waals surface area contributed by atoms with Gasteiger partial charge in [-0.1, -0.05) is 48.6 Å². The van der Waals surface area contributed by atoms with Gasteiger partial charge in [-0.2, -0.15) is 0 Å². The molecule has 1 aromatic heterocycles. The number of amides is 2. The number of carbonyl (C=O) groups is 2. The summed E-state index contributed by atoms with van der Waals surface area (Å²) in [6.45, 7) is 5.65. The van der Waals surface area contributed by atoms with Gasteiger partial charge in [-0.25, -0.2) is 0 Å². The summed E-state index contributed by atoms with van der Waals surface area (Å²) in [5, 5.41) is 15.0.